The SMILES string of the molecule is CN(CC1CC1)C(=O)c1cccc(S(=O)(=O)Cl)c1. The van der Waals surface area contributed by atoms with E-state index in [1.807, 2.05) is 0 Å². The number of rotatable bonds is 4. The topological polar surface area (TPSA) is 54.5 Å². The minimum Gasteiger partial charge on any atom is -0.341 e. The summed E-state index contributed by atoms with van der Waals surface area (Å²) >= 11 is 0. The van der Waals surface area contributed by atoms with Crippen molar-refractivity contribution < 1.29 is 13.2 Å². The smallest absolute Gasteiger partial charge is 0.261 e. The Bertz CT molecular complexity index is 566. The normalized spacial score (nSPS) is 15.4. The van der Waals surface area contributed by atoms with Gasteiger partial charge in [0.25, 0.3) is 15.0 Å². The number of carbonyl (C=O) groups is 1. The number of benzene rings is 1. The predicted octanol–water partition coefficient (Wildman–Crippen LogP) is 2.10. The van der Waals surface area contributed by atoms with Crippen LogP contribution in [0.2, 0.25) is 0 Å². The van der Waals surface area contributed by atoms with Crippen molar-refractivity contribution >= 4 is 25.6 Å². The molecule has 0 spiro atoms. The highest BCUT2D eigenvalue weighted by atomic mass is 35.7. The summed E-state index contributed by atoms with van der Waals surface area (Å²) in [6.45, 7) is 0.719. The first-order chi connectivity index (χ1) is 8.38. The van der Waals surface area contributed by atoms with Crippen LogP contribution >= 0.6 is 10.7 Å². The third-order valence-electron chi connectivity index (χ3n) is 2.94. The Hall–Kier alpha value is -1.07. The predicted molar refractivity (Wildman–Crippen MR) is 69.2 cm³/mol. The first kappa shape index (κ1) is 13.4. The van der Waals surface area contributed by atoms with Crippen LogP contribution in [0.15, 0.2) is 29.2 Å². The molecule has 0 atom stereocenters. The van der Waals surface area contributed by atoms with Crippen LogP contribution in [-0.4, -0.2) is 32.8 Å². The molecule has 18 heavy (non-hydrogen) atoms. The molecule has 1 aromatic rings. The molecule has 1 aromatic carbocycles. The van der Waals surface area contributed by atoms with Gasteiger partial charge in [0.2, 0.25) is 0 Å². The highest BCUT2D eigenvalue weighted by Gasteiger charge is 2.25. The summed E-state index contributed by atoms with van der Waals surface area (Å²) in [7, 11) is 3.19. The van der Waals surface area contributed by atoms with Crippen molar-refractivity contribution in [2.24, 2.45) is 5.92 Å². The van der Waals surface area contributed by atoms with Gasteiger partial charge in [0.15, 0.2) is 0 Å². The molecule has 1 fully saturated rings. The van der Waals surface area contributed by atoms with Crippen LogP contribution in [0.1, 0.15) is 23.2 Å². The maximum absolute atomic E-state index is 12.1. The Morgan fingerprint density at radius 2 is 2.11 bits per heavy atom. The second-order valence-corrected chi connectivity index (χ2v) is 7.16. The average molecular weight is 288 g/mol. The number of amides is 1. The highest BCUT2D eigenvalue weighted by Crippen LogP contribution is 2.29. The largest absolute Gasteiger partial charge is 0.341 e. The number of nitrogens with zero attached hydrogens (tertiary/aromatic N) is 1. The molecule has 0 N–H and O–H groups in total. The number of carbonyl (C=O) groups excluding carboxylic acids is 1. The molecule has 1 saturated carbocycles. The van der Waals surface area contributed by atoms with Crippen LogP contribution in [-0.2, 0) is 9.05 Å². The fraction of sp³-hybridized carbons (Fsp3) is 0.417. The molecule has 0 unspecified atom stereocenters. The van der Waals surface area contributed by atoms with E-state index < -0.39 is 9.05 Å². The molecule has 0 saturated heterocycles. The Labute approximate surface area is 111 Å². The zero-order valence-corrected chi connectivity index (χ0v) is 11.5. The molecule has 1 aliphatic carbocycles. The maximum atomic E-state index is 12.1. The van der Waals surface area contributed by atoms with Crippen molar-refractivity contribution in [1.29, 1.82) is 0 Å². The fourth-order valence-electron chi connectivity index (χ4n) is 1.77. The fourth-order valence-corrected chi connectivity index (χ4v) is 2.57. The Morgan fingerprint density at radius 1 is 1.44 bits per heavy atom. The number of halogens is 1. The molecule has 0 heterocycles. The van der Waals surface area contributed by atoms with Crippen LogP contribution in [0.25, 0.3) is 0 Å². The number of hydrogen-bond donors (Lipinski definition) is 0. The van der Waals surface area contributed by atoms with E-state index in [1.54, 1.807) is 18.0 Å². The van der Waals surface area contributed by atoms with Crippen molar-refractivity contribution in [1.82, 2.24) is 4.90 Å². The molecule has 0 radical (unpaired) electrons. The molecule has 0 bridgehead atoms. The zero-order valence-electron chi connectivity index (χ0n) is 9.97. The van der Waals surface area contributed by atoms with Gasteiger partial charge < -0.3 is 4.90 Å². The minimum atomic E-state index is -3.79. The first-order valence-electron chi connectivity index (χ1n) is 5.68. The van der Waals surface area contributed by atoms with Crippen molar-refractivity contribution in [2.45, 2.75) is 17.7 Å². The summed E-state index contributed by atoms with van der Waals surface area (Å²) < 4.78 is 22.4. The summed E-state index contributed by atoms with van der Waals surface area (Å²) in [4.78, 5) is 13.7. The van der Waals surface area contributed by atoms with E-state index in [-0.39, 0.29) is 10.8 Å². The lowest BCUT2D eigenvalue weighted by atomic mass is 10.2. The van der Waals surface area contributed by atoms with Crippen LogP contribution in [0.4, 0.5) is 0 Å². The third kappa shape index (κ3) is 3.23. The molecular weight excluding hydrogens is 274 g/mol. The van der Waals surface area contributed by atoms with Crippen molar-refractivity contribution in [3.05, 3.63) is 29.8 Å². The first-order valence-corrected chi connectivity index (χ1v) is 7.99. The molecule has 0 aliphatic heterocycles. The van der Waals surface area contributed by atoms with E-state index in [2.05, 4.69) is 0 Å². The van der Waals surface area contributed by atoms with E-state index in [9.17, 15) is 13.2 Å². The van der Waals surface area contributed by atoms with Crippen LogP contribution in [0, 0.1) is 5.92 Å². The lowest BCUT2D eigenvalue weighted by Gasteiger charge is -2.16. The Balaban J connectivity index is 2.19. The van der Waals surface area contributed by atoms with Gasteiger partial charge in [0.1, 0.15) is 0 Å². The third-order valence-corrected chi connectivity index (χ3v) is 4.29. The molecule has 1 amide bonds. The molecule has 1 aliphatic rings. The zero-order chi connectivity index (χ0) is 13.3. The molecule has 98 valence electrons. The van der Waals surface area contributed by atoms with Gasteiger partial charge in [0.05, 0.1) is 4.90 Å². The minimum absolute atomic E-state index is 0.0464. The van der Waals surface area contributed by atoms with E-state index >= 15 is 0 Å². The van der Waals surface area contributed by atoms with E-state index in [4.69, 9.17) is 10.7 Å². The second kappa shape index (κ2) is 4.90. The summed E-state index contributed by atoms with van der Waals surface area (Å²) in [5, 5.41) is 0. The van der Waals surface area contributed by atoms with Crippen molar-refractivity contribution in [3.8, 4) is 0 Å². The Morgan fingerprint density at radius 3 is 2.67 bits per heavy atom. The summed E-state index contributed by atoms with van der Waals surface area (Å²) in [6.07, 6.45) is 2.32. The average Bonchev–Trinajstić information content (AvgIpc) is 3.11. The summed E-state index contributed by atoms with van der Waals surface area (Å²) in [5.41, 5.74) is 0.347. The van der Waals surface area contributed by atoms with Gasteiger partial charge >= 0.3 is 0 Å². The molecule has 4 nitrogen and oxygen atoms in total. The lowest BCUT2D eigenvalue weighted by molar-refractivity contribution is 0.0788. The molecular formula is C12H14ClNO3S. The van der Waals surface area contributed by atoms with Gasteiger partial charge in [-0.3, -0.25) is 4.79 Å². The van der Waals surface area contributed by atoms with E-state index in [1.165, 1.54) is 18.2 Å². The van der Waals surface area contributed by atoms with Gasteiger partial charge in [0, 0.05) is 29.8 Å². The summed E-state index contributed by atoms with van der Waals surface area (Å²) in [5.74, 6) is 0.419. The molecule has 6 heteroatoms. The summed E-state index contributed by atoms with van der Waals surface area (Å²) in [6, 6.07) is 5.80. The monoisotopic (exact) mass is 287 g/mol. The van der Waals surface area contributed by atoms with Gasteiger partial charge in [-0.15, -0.1) is 0 Å². The maximum Gasteiger partial charge on any atom is 0.261 e. The van der Waals surface area contributed by atoms with Gasteiger partial charge in [-0.25, -0.2) is 8.42 Å². The van der Waals surface area contributed by atoms with E-state index in [0.29, 0.717) is 11.5 Å². The van der Waals surface area contributed by atoms with Crippen LogP contribution in [0.5, 0.6) is 0 Å². The highest BCUT2D eigenvalue weighted by molar-refractivity contribution is 8.13. The molecule has 0 aromatic heterocycles. The quantitative estimate of drug-likeness (QED) is 0.797. The molecule has 2 rings (SSSR count). The second-order valence-electron chi connectivity index (χ2n) is 4.59. The van der Waals surface area contributed by atoms with Gasteiger partial charge in [-0.2, -0.15) is 0 Å². The van der Waals surface area contributed by atoms with Gasteiger partial charge in [-0.1, -0.05) is 6.07 Å². The van der Waals surface area contributed by atoms with Crippen molar-refractivity contribution in [2.75, 3.05) is 13.6 Å². The lowest BCUT2D eigenvalue weighted by Crippen LogP contribution is -2.28. The van der Waals surface area contributed by atoms with Crippen molar-refractivity contribution in [3.63, 3.8) is 0 Å². The standard InChI is InChI=1S/C12H14ClNO3S/c1-14(8-9-5-6-9)12(15)10-3-2-4-11(7-10)18(13,16)17/h2-4,7,9H,5-6,8H2,1H3. The number of hydrogen-bond acceptors (Lipinski definition) is 3. The van der Waals surface area contributed by atoms with E-state index in [0.717, 1.165) is 19.4 Å². The van der Waals surface area contributed by atoms with Crippen LogP contribution < -0.4 is 0 Å². The van der Waals surface area contributed by atoms with Crippen LogP contribution in [0.3, 0.4) is 0 Å². The van der Waals surface area contributed by atoms with Gasteiger partial charge in [-0.05, 0) is 37.0 Å². The Kier molecular flexibility index (Phi) is 3.64.